The van der Waals surface area contributed by atoms with Crippen LogP contribution in [0.15, 0.2) is 48.1 Å². The molecule has 0 fully saturated rings. The first-order valence-electron chi connectivity index (χ1n) is 5.37. The van der Waals surface area contributed by atoms with E-state index in [2.05, 4.69) is 20.1 Å². The molecule has 0 atom stereocenters. The summed E-state index contributed by atoms with van der Waals surface area (Å²) >= 11 is 0. The summed E-state index contributed by atoms with van der Waals surface area (Å²) in [5, 5.41) is 4.29. The van der Waals surface area contributed by atoms with E-state index >= 15 is 0 Å². The van der Waals surface area contributed by atoms with Crippen molar-refractivity contribution in [3.8, 4) is 0 Å². The summed E-state index contributed by atoms with van der Waals surface area (Å²) in [6.45, 7) is 0. The van der Waals surface area contributed by atoms with Crippen LogP contribution in [0, 0.1) is 0 Å². The number of nitrogens with two attached hydrogens (primary N) is 1. The third-order valence-electron chi connectivity index (χ3n) is 2.48. The Morgan fingerprint density at radius 1 is 1.11 bits per heavy atom. The summed E-state index contributed by atoms with van der Waals surface area (Å²) in [4.78, 5) is 12.1. The van der Waals surface area contributed by atoms with E-state index in [0.717, 1.165) is 5.56 Å². The zero-order valence-corrected chi connectivity index (χ0v) is 9.43. The van der Waals surface area contributed by atoms with Gasteiger partial charge in [-0.05, 0) is 5.56 Å². The number of hydrogen-bond donors (Lipinski definition) is 1. The molecule has 0 saturated heterocycles. The van der Waals surface area contributed by atoms with E-state index in [9.17, 15) is 0 Å². The summed E-state index contributed by atoms with van der Waals surface area (Å²) in [5.41, 5.74) is 7.85. The molecule has 0 spiro atoms. The molecule has 0 amide bonds. The molecule has 1 aromatic carbocycles. The van der Waals surface area contributed by atoms with Gasteiger partial charge in [-0.15, -0.1) is 0 Å². The van der Waals surface area contributed by atoms with E-state index in [0.29, 0.717) is 17.0 Å². The molecule has 0 radical (unpaired) electrons. The van der Waals surface area contributed by atoms with Gasteiger partial charge in [0.25, 0.3) is 0 Å². The summed E-state index contributed by atoms with van der Waals surface area (Å²) in [7, 11) is 0. The maximum Gasteiger partial charge on any atom is 0.186 e. The van der Waals surface area contributed by atoms with Gasteiger partial charge in [-0.1, -0.05) is 30.3 Å². The number of rotatable bonds is 2. The molecule has 2 aromatic heterocycles. The second kappa shape index (κ2) is 4.25. The minimum absolute atomic E-state index is 0.355. The summed E-state index contributed by atoms with van der Waals surface area (Å²) in [5.74, 6) is 0.355. The van der Waals surface area contributed by atoms with Crippen LogP contribution in [0.1, 0.15) is 5.56 Å². The second-order valence-electron chi connectivity index (χ2n) is 3.68. The number of benzene rings is 1. The van der Waals surface area contributed by atoms with E-state index in [1.54, 1.807) is 17.2 Å². The number of anilines is 1. The molecular weight excluding hydrogens is 228 g/mol. The van der Waals surface area contributed by atoms with Crippen molar-refractivity contribution in [2.24, 2.45) is 5.10 Å². The first kappa shape index (κ1) is 10.4. The molecular formula is C12H10N6. The Hall–Kier alpha value is -2.76. The van der Waals surface area contributed by atoms with Crippen LogP contribution in [0.4, 0.5) is 5.82 Å². The van der Waals surface area contributed by atoms with Crippen molar-refractivity contribution in [2.45, 2.75) is 0 Å². The van der Waals surface area contributed by atoms with Crippen molar-refractivity contribution >= 4 is 23.2 Å². The van der Waals surface area contributed by atoms with Gasteiger partial charge in [-0.2, -0.15) is 5.10 Å². The molecule has 88 valence electrons. The van der Waals surface area contributed by atoms with Crippen LogP contribution in [0.5, 0.6) is 0 Å². The average molecular weight is 238 g/mol. The summed E-state index contributed by atoms with van der Waals surface area (Å²) < 4.78 is 1.57. The molecule has 3 aromatic rings. The molecule has 2 N–H and O–H groups in total. The third kappa shape index (κ3) is 1.80. The Labute approximate surface area is 103 Å². The van der Waals surface area contributed by atoms with Crippen molar-refractivity contribution < 1.29 is 0 Å². The molecule has 0 unspecified atom stereocenters. The zero-order chi connectivity index (χ0) is 12.4. The van der Waals surface area contributed by atoms with Crippen LogP contribution in [-0.4, -0.2) is 25.8 Å². The summed E-state index contributed by atoms with van der Waals surface area (Å²) in [6.07, 6.45) is 4.70. The van der Waals surface area contributed by atoms with Crippen molar-refractivity contribution in [1.29, 1.82) is 0 Å². The van der Waals surface area contributed by atoms with E-state index in [-0.39, 0.29) is 0 Å². The molecule has 0 aliphatic carbocycles. The monoisotopic (exact) mass is 238 g/mol. The smallest absolute Gasteiger partial charge is 0.186 e. The second-order valence-corrected chi connectivity index (χ2v) is 3.68. The van der Waals surface area contributed by atoms with Crippen molar-refractivity contribution in [3.63, 3.8) is 0 Å². The van der Waals surface area contributed by atoms with E-state index in [1.807, 2.05) is 30.3 Å². The van der Waals surface area contributed by atoms with Crippen LogP contribution in [-0.2, 0) is 0 Å². The van der Waals surface area contributed by atoms with Gasteiger partial charge in [0.05, 0.1) is 6.21 Å². The minimum Gasteiger partial charge on any atom is -0.382 e. The maximum absolute atomic E-state index is 5.70. The maximum atomic E-state index is 5.70. The molecule has 0 saturated carbocycles. The van der Waals surface area contributed by atoms with Crippen molar-refractivity contribution in [3.05, 3.63) is 48.5 Å². The van der Waals surface area contributed by atoms with Gasteiger partial charge in [0.2, 0.25) is 0 Å². The molecule has 0 aliphatic heterocycles. The van der Waals surface area contributed by atoms with Crippen molar-refractivity contribution in [2.75, 3.05) is 5.73 Å². The van der Waals surface area contributed by atoms with Crippen LogP contribution in [0.25, 0.3) is 11.2 Å². The fourth-order valence-corrected chi connectivity index (χ4v) is 1.59. The molecule has 0 aliphatic rings. The Bertz CT molecular complexity index is 701. The summed E-state index contributed by atoms with van der Waals surface area (Å²) in [6, 6.07) is 9.79. The van der Waals surface area contributed by atoms with Gasteiger partial charge in [0.1, 0.15) is 12.7 Å². The number of aromatic nitrogens is 4. The lowest BCUT2D eigenvalue weighted by Gasteiger charge is -1.95. The Kier molecular flexibility index (Phi) is 2.45. The fourth-order valence-electron chi connectivity index (χ4n) is 1.59. The van der Waals surface area contributed by atoms with E-state index in [4.69, 9.17) is 5.73 Å². The topological polar surface area (TPSA) is 82.0 Å². The average Bonchev–Trinajstić information content (AvgIpc) is 2.82. The van der Waals surface area contributed by atoms with Gasteiger partial charge in [0.15, 0.2) is 17.0 Å². The molecule has 3 rings (SSSR count). The van der Waals surface area contributed by atoms with Crippen LogP contribution in [0.2, 0.25) is 0 Å². The molecule has 0 bridgehead atoms. The Morgan fingerprint density at radius 3 is 2.78 bits per heavy atom. The predicted molar refractivity (Wildman–Crippen MR) is 69.2 cm³/mol. The molecule has 2 heterocycles. The quantitative estimate of drug-likeness (QED) is 0.682. The van der Waals surface area contributed by atoms with Crippen molar-refractivity contribution in [1.82, 2.24) is 19.6 Å². The van der Waals surface area contributed by atoms with E-state index < -0.39 is 0 Å². The van der Waals surface area contributed by atoms with Gasteiger partial charge in [-0.25, -0.2) is 19.6 Å². The van der Waals surface area contributed by atoms with E-state index in [1.165, 1.54) is 6.33 Å². The molecule has 18 heavy (non-hydrogen) atoms. The van der Waals surface area contributed by atoms with Crippen LogP contribution >= 0.6 is 0 Å². The molecule has 6 nitrogen and oxygen atoms in total. The lowest BCUT2D eigenvalue weighted by Crippen LogP contribution is -1.95. The standard InChI is InChI=1S/C12H10N6/c13-11-10-12(15-7-14-11)18(8-16-10)17-6-9-4-2-1-3-5-9/h1-8H,(H2,13,14,15). The number of nitrogen functional groups attached to an aromatic ring is 1. The van der Waals surface area contributed by atoms with Gasteiger partial charge < -0.3 is 5.73 Å². The number of fused-ring (bicyclic) bond motifs is 1. The number of nitrogens with zero attached hydrogens (tertiary/aromatic N) is 5. The molecule has 6 heteroatoms. The Balaban J connectivity index is 2.01. The van der Waals surface area contributed by atoms with Gasteiger partial charge in [0, 0.05) is 0 Å². The normalized spacial score (nSPS) is 11.3. The lowest BCUT2D eigenvalue weighted by atomic mass is 10.2. The largest absolute Gasteiger partial charge is 0.382 e. The first-order valence-corrected chi connectivity index (χ1v) is 5.37. The predicted octanol–water partition coefficient (Wildman–Crippen LogP) is 1.29. The van der Waals surface area contributed by atoms with Gasteiger partial charge >= 0.3 is 0 Å². The minimum atomic E-state index is 0.355. The Morgan fingerprint density at radius 2 is 1.94 bits per heavy atom. The third-order valence-corrected chi connectivity index (χ3v) is 2.48. The number of hydrogen-bond acceptors (Lipinski definition) is 5. The highest BCUT2D eigenvalue weighted by molar-refractivity contribution is 5.83. The van der Waals surface area contributed by atoms with Gasteiger partial charge in [-0.3, -0.25) is 0 Å². The number of imidazole rings is 1. The fraction of sp³-hybridized carbons (Fsp3) is 0. The van der Waals surface area contributed by atoms with Crippen LogP contribution in [0.3, 0.4) is 0 Å². The highest BCUT2D eigenvalue weighted by Crippen LogP contribution is 2.13. The highest BCUT2D eigenvalue weighted by atomic mass is 15.4. The SMILES string of the molecule is Nc1ncnc2c1ncn2N=Cc1ccccc1. The highest BCUT2D eigenvalue weighted by Gasteiger charge is 2.05. The first-order chi connectivity index (χ1) is 8.84. The van der Waals surface area contributed by atoms with Crippen LogP contribution < -0.4 is 5.73 Å². The zero-order valence-electron chi connectivity index (χ0n) is 9.43. The lowest BCUT2D eigenvalue weighted by molar-refractivity contribution is 0.897.